The first kappa shape index (κ1) is 15.5. The molecule has 1 N–H and O–H groups in total. The topological polar surface area (TPSA) is 29.5 Å². The smallest absolute Gasteiger partial charge is 0.125 e. The summed E-state index contributed by atoms with van der Waals surface area (Å²) in [7, 11) is 1.62. The van der Waals surface area contributed by atoms with Gasteiger partial charge in [-0.15, -0.1) is 0 Å². The standard InChI is InChI=1S/C16H16Br2O2/c1-9-4-11(7-12(17)5-9)16(19)13-8-14(18)10(2)6-15(13)20-3/h4-8,16,19H,1-3H3. The van der Waals surface area contributed by atoms with Crippen LogP contribution in [0.4, 0.5) is 0 Å². The van der Waals surface area contributed by atoms with Gasteiger partial charge < -0.3 is 9.84 Å². The highest BCUT2D eigenvalue weighted by atomic mass is 79.9. The number of ether oxygens (including phenoxy) is 1. The Morgan fingerprint density at radius 1 is 1.05 bits per heavy atom. The molecular formula is C16H16Br2O2. The molecule has 1 atom stereocenters. The minimum Gasteiger partial charge on any atom is -0.496 e. The van der Waals surface area contributed by atoms with E-state index in [4.69, 9.17) is 4.74 Å². The molecule has 0 amide bonds. The maximum Gasteiger partial charge on any atom is 0.125 e. The SMILES string of the molecule is COc1cc(C)c(Br)cc1C(O)c1cc(C)cc(Br)c1. The largest absolute Gasteiger partial charge is 0.496 e. The lowest BCUT2D eigenvalue weighted by Gasteiger charge is -2.17. The van der Waals surface area contributed by atoms with Crippen molar-refractivity contribution in [3.63, 3.8) is 0 Å². The first-order valence-corrected chi connectivity index (χ1v) is 7.80. The minimum absolute atomic E-state index is 0.691. The van der Waals surface area contributed by atoms with Crippen LogP contribution in [0.25, 0.3) is 0 Å². The number of benzene rings is 2. The second-order valence-corrected chi connectivity index (χ2v) is 6.58. The molecule has 2 rings (SSSR count). The van der Waals surface area contributed by atoms with Crippen molar-refractivity contribution < 1.29 is 9.84 Å². The zero-order valence-corrected chi connectivity index (χ0v) is 14.7. The molecule has 106 valence electrons. The molecule has 0 radical (unpaired) electrons. The van der Waals surface area contributed by atoms with E-state index in [9.17, 15) is 5.11 Å². The van der Waals surface area contributed by atoms with Crippen LogP contribution in [-0.4, -0.2) is 12.2 Å². The number of methoxy groups -OCH3 is 1. The summed E-state index contributed by atoms with van der Waals surface area (Å²) in [6.07, 6.45) is -0.724. The van der Waals surface area contributed by atoms with Crippen LogP contribution in [0.2, 0.25) is 0 Å². The Balaban J connectivity index is 2.52. The van der Waals surface area contributed by atoms with E-state index in [1.807, 2.05) is 44.2 Å². The molecule has 0 aliphatic heterocycles. The van der Waals surface area contributed by atoms with Gasteiger partial charge >= 0.3 is 0 Å². The molecule has 0 spiro atoms. The summed E-state index contributed by atoms with van der Waals surface area (Å²) in [5.74, 6) is 0.691. The summed E-state index contributed by atoms with van der Waals surface area (Å²) in [6.45, 7) is 4.00. The van der Waals surface area contributed by atoms with Gasteiger partial charge in [0.25, 0.3) is 0 Å². The highest BCUT2D eigenvalue weighted by molar-refractivity contribution is 9.10. The quantitative estimate of drug-likeness (QED) is 0.793. The maximum absolute atomic E-state index is 10.6. The van der Waals surface area contributed by atoms with Crippen LogP contribution in [0.5, 0.6) is 5.75 Å². The van der Waals surface area contributed by atoms with E-state index in [1.165, 1.54) is 0 Å². The van der Waals surface area contributed by atoms with Crippen molar-refractivity contribution in [3.05, 3.63) is 61.5 Å². The predicted octanol–water partition coefficient (Wildman–Crippen LogP) is 4.92. The van der Waals surface area contributed by atoms with Gasteiger partial charge in [-0.25, -0.2) is 0 Å². The first-order valence-electron chi connectivity index (χ1n) is 6.21. The Morgan fingerprint density at radius 3 is 2.35 bits per heavy atom. The van der Waals surface area contributed by atoms with E-state index < -0.39 is 6.10 Å². The van der Waals surface area contributed by atoms with Crippen LogP contribution < -0.4 is 4.74 Å². The van der Waals surface area contributed by atoms with Crippen LogP contribution >= 0.6 is 31.9 Å². The zero-order valence-electron chi connectivity index (χ0n) is 11.6. The molecule has 0 aliphatic carbocycles. The van der Waals surface area contributed by atoms with E-state index in [2.05, 4.69) is 31.9 Å². The molecule has 4 heteroatoms. The molecule has 0 aliphatic rings. The van der Waals surface area contributed by atoms with Crippen molar-refractivity contribution in [2.75, 3.05) is 7.11 Å². The van der Waals surface area contributed by atoms with Gasteiger partial charge in [-0.2, -0.15) is 0 Å². The van der Waals surface area contributed by atoms with Gasteiger partial charge in [-0.3, -0.25) is 0 Å². The van der Waals surface area contributed by atoms with Gasteiger partial charge in [0.05, 0.1) is 7.11 Å². The van der Waals surface area contributed by atoms with Gasteiger partial charge in [0.15, 0.2) is 0 Å². The second-order valence-electron chi connectivity index (χ2n) is 4.81. The van der Waals surface area contributed by atoms with Gasteiger partial charge in [0, 0.05) is 14.5 Å². The lowest BCUT2D eigenvalue weighted by Crippen LogP contribution is -2.03. The molecule has 0 saturated carbocycles. The molecule has 2 aromatic carbocycles. The fourth-order valence-electron chi connectivity index (χ4n) is 2.16. The van der Waals surface area contributed by atoms with Gasteiger partial charge in [-0.05, 0) is 54.8 Å². The van der Waals surface area contributed by atoms with Gasteiger partial charge in [0.1, 0.15) is 11.9 Å². The van der Waals surface area contributed by atoms with Crippen molar-refractivity contribution in [2.45, 2.75) is 20.0 Å². The van der Waals surface area contributed by atoms with Crippen molar-refractivity contribution in [2.24, 2.45) is 0 Å². The number of aryl methyl sites for hydroxylation is 2. The summed E-state index contributed by atoms with van der Waals surface area (Å²) in [6, 6.07) is 9.74. The summed E-state index contributed by atoms with van der Waals surface area (Å²) in [5, 5.41) is 10.6. The van der Waals surface area contributed by atoms with Crippen LogP contribution in [0.3, 0.4) is 0 Å². The summed E-state index contributed by atoms with van der Waals surface area (Å²) in [4.78, 5) is 0. The highest BCUT2D eigenvalue weighted by Crippen LogP contribution is 2.35. The average Bonchev–Trinajstić information content (AvgIpc) is 2.39. The molecule has 1 unspecified atom stereocenters. The Morgan fingerprint density at radius 2 is 1.75 bits per heavy atom. The molecule has 2 aromatic rings. The van der Waals surface area contributed by atoms with Crippen molar-refractivity contribution in [3.8, 4) is 5.75 Å². The van der Waals surface area contributed by atoms with Crippen molar-refractivity contribution in [1.82, 2.24) is 0 Å². The van der Waals surface area contributed by atoms with E-state index in [-0.39, 0.29) is 0 Å². The molecule has 2 nitrogen and oxygen atoms in total. The number of hydrogen-bond acceptors (Lipinski definition) is 2. The summed E-state index contributed by atoms with van der Waals surface area (Å²) in [5.41, 5.74) is 3.76. The molecular weight excluding hydrogens is 384 g/mol. The fourth-order valence-corrected chi connectivity index (χ4v) is 3.15. The highest BCUT2D eigenvalue weighted by Gasteiger charge is 2.17. The van der Waals surface area contributed by atoms with Crippen LogP contribution in [0.15, 0.2) is 39.3 Å². The Labute approximate surface area is 136 Å². The van der Waals surface area contributed by atoms with Crippen LogP contribution in [-0.2, 0) is 0 Å². The number of aliphatic hydroxyl groups is 1. The van der Waals surface area contributed by atoms with E-state index >= 15 is 0 Å². The van der Waals surface area contributed by atoms with E-state index in [0.29, 0.717) is 5.75 Å². The normalized spacial score (nSPS) is 12.3. The maximum atomic E-state index is 10.6. The third kappa shape index (κ3) is 3.25. The zero-order chi connectivity index (χ0) is 14.9. The van der Waals surface area contributed by atoms with Crippen LogP contribution in [0, 0.1) is 13.8 Å². The number of hydrogen-bond donors (Lipinski definition) is 1. The Bertz CT molecular complexity index is 618. The Hall–Kier alpha value is -0.840. The first-order chi connectivity index (χ1) is 9.42. The fraction of sp³-hybridized carbons (Fsp3) is 0.250. The summed E-state index contributed by atoms with van der Waals surface area (Å²) >= 11 is 6.97. The molecule has 20 heavy (non-hydrogen) atoms. The Kier molecular flexibility index (Phi) is 4.89. The lowest BCUT2D eigenvalue weighted by molar-refractivity contribution is 0.214. The van der Waals surface area contributed by atoms with E-state index in [0.717, 1.165) is 31.2 Å². The average molecular weight is 400 g/mol. The molecule has 0 fully saturated rings. The number of aliphatic hydroxyl groups excluding tert-OH is 1. The second kappa shape index (κ2) is 6.29. The van der Waals surface area contributed by atoms with Crippen molar-refractivity contribution >= 4 is 31.9 Å². The molecule has 0 saturated heterocycles. The molecule has 0 aromatic heterocycles. The summed E-state index contributed by atoms with van der Waals surface area (Å²) < 4.78 is 7.30. The molecule has 0 bridgehead atoms. The third-order valence-electron chi connectivity index (χ3n) is 3.19. The van der Waals surface area contributed by atoms with Gasteiger partial charge in [-0.1, -0.05) is 37.9 Å². The van der Waals surface area contributed by atoms with Gasteiger partial charge in [0.2, 0.25) is 0 Å². The number of halogens is 2. The van der Waals surface area contributed by atoms with Crippen LogP contribution in [0.1, 0.15) is 28.4 Å². The monoisotopic (exact) mass is 398 g/mol. The van der Waals surface area contributed by atoms with E-state index in [1.54, 1.807) is 7.11 Å². The number of rotatable bonds is 3. The lowest BCUT2D eigenvalue weighted by atomic mass is 9.98. The predicted molar refractivity (Wildman–Crippen MR) is 88.4 cm³/mol. The minimum atomic E-state index is -0.724. The van der Waals surface area contributed by atoms with Crippen molar-refractivity contribution in [1.29, 1.82) is 0 Å². The third-order valence-corrected chi connectivity index (χ3v) is 4.50. The molecule has 0 heterocycles.